The summed E-state index contributed by atoms with van der Waals surface area (Å²) in [5.74, 6) is 0.622. The Morgan fingerprint density at radius 2 is 1.93 bits per heavy atom. The summed E-state index contributed by atoms with van der Waals surface area (Å²) in [6, 6.07) is 11.3. The zero-order valence-electron chi connectivity index (χ0n) is 16.6. The number of methoxy groups -OCH3 is 2. The van der Waals surface area contributed by atoms with Gasteiger partial charge < -0.3 is 26.0 Å². The van der Waals surface area contributed by atoms with Crippen molar-refractivity contribution in [3.05, 3.63) is 65.4 Å². The summed E-state index contributed by atoms with van der Waals surface area (Å²) in [6.07, 6.45) is 4.54. The van der Waals surface area contributed by atoms with Crippen LogP contribution in [0.3, 0.4) is 0 Å². The highest BCUT2D eigenvalue weighted by atomic mass is 16.5. The number of hydrogen-bond acceptors (Lipinski definition) is 7. The minimum absolute atomic E-state index is 0.0917. The summed E-state index contributed by atoms with van der Waals surface area (Å²) in [5.41, 5.74) is 15.5. The van der Waals surface area contributed by atoms with E-state index in [1.54, 1.807) is 26.5 Å². The first kappa shape index (κ1) is 20.7. The highest BCUT2D eigenvalue weighted by Crippen LogP contribution is 2.36. The molecule has 0 fully saturated rings. The molecule has 154 valence electrons. The van der Waals surface area contributed by atoms with Crippen molar-refractivity contribution in [3.8, 4) is 22.6 Å². The van der Waals surface area contributed by atoms with Gasteiger partial charge in [0.05, 0.1) is 14.2 Å². The van der Waals surface area contributed by atoms with Crippen LogP contribution < -0.4 is 20.9 Å². The summed E-state index contributed by atoms with van der Waals surface area (Å²) in [7, 11) is 3.17. The highest BCUT2D eigenvalue weighted by Gasteiger charge is 2.14. The van der Waals surface area contributed by atoms with Gasteiger partial charge >= 0.3 is 5.97 Å². The molecule has 0 amide bonds. The fourth-order valence-electron chi connectivity index (χ4n) is 3.07. The SMILES string of the molecule is COc1cccc(-c2cc(Cc3cnc(N)nc3N)c(C=CC(=O)O)cc2OC)c1. The average Bonchev–Trinajstić information content (AvgIpc) is 2.74. The molecule has 8 heteroatoms. The first-order valence-electron chi connectivity index (χ1n) is 9.04. The standard InChI is InChI=1S/C22H22N4O4/c1-29-17-5-3-4-14(9-17)18-10-15(8-16-12-25-22(24)26-21(16)23)13(6-7-20(27)28)11-19(18)30-2/h3-7,9-12H,8H2,1-2H3,(H,27,28)(H4,23,24,25,26). The van der Waals surface area contributed by atoms with E-state index >= 15 is 0 Å². The number of nitrogen functional groups attached to an aromatic ring is 2. The van der Waals surface area contributed by atoms with Crippen molar-refractivity contribution in [2.75, 3.05) is 25.7 Å². The molecule has 0 radical (unpaired) electrons. The van der Waals surface area contributed by atoms with Crippen LogP contribution in [0.15, 0.2) is 48.7 Å². The molecule has 0 aliphatic carbocycles. The minimum Gasteiger partial charge on any atom is -0.497 e. The highest BCUT2D eigenvalue weighted by molar-refractivity contribution is 5.86. The maximum Gasteiger partial charge on any atom is 0.328 e. The lowest BCUT2D eigenvalue weighted by atomic mass is 9.94. The number of nitrogens with zero attached hydrogens (tertiary/aromatic N) is 2. The fraction of sp³-hybridized carbons (Fsp3) is 0.136. The van der Waals surface area contributed by atoms with Crippen molar-refractivity contribution in [1.29, 1.82) is 0 Å². The van der Waals surface area contributed by atoms with Crippen LogP contribution in [0.25, 0.3) is 17.2 Å². The summed E-state index contributed by atoms with van der Waals surface area (Å²) >= 11 is 0. The van der Waals surface area contributed by atoms with Crippen LogP contribution in [0.1, 0.15) is 16.7 Å². The molecule has 3 rings (SSSR count). The molecule has 1 heterocycles. The van der Waals surface area contributed by atoms with Crippen molar-refractivity contribution in [3.63, 3.8) is 0 Å². The molecule has 0 saturated heterocycles. The largest absolute Gasteiger partial charge is 0.497 e. The molecule has 5 N–H and O–H groups in total. The number of anilines is 2. The molecule has 0 saturated carbocycles. The van der Waals surface area contributed by atoms with Crippen LogP contribution in [0, 0.1) is 0 Å². The molecular formula is C22H22N4O4. The lowest BCUT2D eigenvalue weighted by Crippen LogP contribution is -2.05. The quantitative estimate of drug-likeness (QED) is 0.510. The third kappa shape index (κ3) is 4.67. The van der Waals surface area contributed by atoms with Crippen molar-refractivity contribution in [2.45, 2.75) is 6.42 Å². The van der Waals surface area contributed by atoms with Gasteiger partial charge in [0.15, 0.2) is 0 Å². The number of carbonyl (C=O) groups is 1. The van der Waals surface area contributed by atoms with Gasteiger partial charge in [-0.05, 0) is 47.0 Å². The molecule has 2 aromatic carbocycles. The number of nitrogens with two attached hydrogens (primary N) is 2. The van der Waals surface area contributed by atoms with Gasteiger partial charge in [0, 0.05) is 29.8 Å². The van der Waals surface area contributed by atoms with E-state index in [-0.39, 0.29) is 11.8 Å². The molecule has 3 aromatic rings. The van der Waals surface area contributed by atoms with Gasteiger partial charge in [0.2, 0.25) is 5.95 Å². The Balaban J connectivity index is 2.16. The van der Waals surface area contributed by atoms with Crippen LogP contribution in [0.5, 0.6) is 11.5 Å². The van der Waals surface area contributed by atoms with E-state index < -0.39 is 5.97 Å². The second-order valence-corrected chi connectivity index (χ2v) is 6.47. The van der Waals surface area contributed by atoms with Gasteiger partial charge in [-0.1, -0.05) is 12.1 Å². The van der Waals surface area contributed by atoms with E-state index in [2.05, 4.69) is 9.97 Å². The summed E-state index contributed by atoms with van der Waals surface area (Å²) in [6.45, 7) is 0. The number of carboxylic acids is 1. The molecule has 1 aromatic heterocycles. The smallest absolute Gasteiger partial charge is 0.328 e. The number of rotatable bonds is 7. The molecular weight excluding hydrogens is 384 g/mol. The van der Waals surface area contributed by atoms with Crippen LogP contribution in [-0.4, -0.2) is 35.3 Å². The van der Waals surface area contributed by atoms with Crippen molar-refractivity contribution < 1.29 is 19.4 Å². The van der Waals surface area contributed by atoms with Crippen molar-refractivity contribution in [2.24, 2.45) is 0 Å². The summed E-state index contributed by atoms with van der Waals surface area (Å²) in [4.78, 5) is 19.1. The Kier molecular flexibility index (Phi) is 6.17. The average molecular weight is 406 g/mol. The summed E-state index contributed by atoms with van der Waals surface area (Å²) in [5, 5.41) is 9.06. The number of carboxylic acid groups (broad SMARTS) is 1. The molecule has 0 bridgehead atoms. The van der Waals surface area contributed by atoms with E-state index in [1.165, 1.54) is 6.08 Å². The van der Waals surface area contributed by atoms with Crippen LogP contribution in [0.4, 0.5) is 11.8 Å². The second kappa shape index (κ2) is 8.95. The predicted molar refractivity (Wildman–Crippen MR) is 115 cm³/mol. The van der Waals surface area contributed by atoms with E-state index in [9.17, 15) is 4.79 Å². The Morgan fingerprint density at radius 1 is 1.13 bits per heavy atom. The number of aromatic nitrogens is 2. The Hall–Kier alpha value is -4.07. The maximum atomic E-state index is 11.1. The van der Waals surface area contributed by atoms with Gasteiger partial charge in [-0.15, -0.1) is 0 Å². The molecule has 30 heavy (non-hydrogen) atoms. The zero-order valence-corrected chi connectivity index (χ0v) is 16.6. The topological polar surface area (TPSA) is 134 Å². The molecule has 0 aliphatic rings. The van der Waals surface area contributed by atoms with Crippen LogP contribution in [-0.2, 0) is 11.2 Å². The van der Waals surface area contributed by atoms with Gasteiger partial charge in [-0.25, -0.2) is 9.78 Å². The van der Waals surface area contributed by atoms with E-state index in [0.29, 0.717) is 29.0 Å². The van der Waals surface area contributed by atoms with E-state index in [0.717, 1.165) is 22.8 Å². The first-order valence-corrected chi connectivity index (χ1v) is 9.04. The van der Waals surface area contributed by atoms with E-state index in [4.69, 9.17) is 26.0 Å². The van der Waals surface area contributed by atoms with Gasteiger partial charge in [0.25, 0.3) is 0 Å². The maximum absolute atomic E-state index is 11.1. The molecule has 0 unspecified atom stereocenters. The lowest BCUT2D eigenvalue weighted by molar-refractivity contribution is -0.131. The molecule has 0 aliphatic heterocycles. The van der Waals surface area contributed by atoms with E-state index in [1.807, 2.05) is 30.3 Å². The van der Waals surface area contributed by atoms with Crippen molar-refractivity contribution in [1.82, 2.24) is 9.97 Å². The first-order chi connectivity index (χ1) is 14.4. The second-order valence-electron chi connectivity index (χ2n) is 6.47. The molecule has 0 atom stereocenters. The number of benzene rings is 2. The van der Waals surface area contributed by atoms with Gasteiger partial charge in [-0.2, -0.15) is 4.98 Å². The van der Waals surface area contributed by atoms with Gasteiger partial charge in [-0.3, -0.25) is 0 Å². The Bertz CT molecular complexity index is 1110. The third-order valence-electron chi connectivity index (χ3n) is 4.55. The zero-order chi connectivity index (χ0) is 21.7. The van der Waals surface area contributed by atoms with Crippen LogP contribution in [0.2, 0.25) is 0 Å². The lowest BCUT2D eigenvalue weighted by Gasteiger charge is -2.15. The Morgan fingerprint density at radius 3 is 2.60 bits per heavy atom. The van der Waals surface area contributed by atoms with Crippen LogP contribution >= 0.6 is 0 Å². The summed E-state index contributed by atoms with van der Waals surface area (Å²) < 4.78 is 10.9. The number of ether oxygens (including phenoxy) is 2. The van der Waals surface area contributed by atoms with Crippen molar-refractivity contribution >= 4 is 23.8 Å². The third-order valence-corrected chi connectivity index (χ3v) is 4.55. The normalized spacial score (nSPS) is 10.9. The molecule has 8 nitrogen and oxygen atoms in total. The molecule has 0 spiro atoms. The fourth-order valence-corrected chi connectivity index (χ4v) is 3.07. The monoisotopic (exact) mass is 406 g/mol. The minimum atomic E-state index is -1.05. The number of aliphatic carboxylic acids is 1. The number of hydrogen-bond donors (Lipinski definition) is 3. The Labute approximate surface area is 173 Å². The van der Waals surface area contributed by atoms with Gasteiger partial charge in [0.1, 0.15) is 17.3 Å². The predicted octanol–water partition coefficient (Wildman–Crippen LogP) is 3.01.